The van der Waals surface area contributed by atoms with Gasteiger partial charge in [0, 0.05) is 12.2 Å². The summed E-state index contributed by atoms with van der Waals surface area (Å²) >= 11 is 0. The predicted octanol–water partition coefficient (Wildman–Crippen LogP) is 3.72. The third kappa shape index (κ3) is 3.80. The van der Waals surface area contributed by atoms with Crippen molar-refractivity contribution in [2.24, 2.45) is 5.92 Å². The van der Waals surface area contributed by atoms with Crippen molar-refractivity contribution in [1.82, 2.24) is 4.57 Å². The fourth-order valence-corrected chi connectivity index (χ4v) is 2.18. The third-order valence-corrected chi connectivity index (χ3v) is 3.30. The van der Waals surface area contributed by atoms with Crippen molar-refractivity contribution in [2.75, 3.05) is 5.73 Å². The van der Waals surface area contributed by atoms with Gasteiger partial charge in [0.1, 0.15) is 11.8 Å². The third-order valence-electron chi connectivity index (χ3n) is 3.30. The fraction of sp³-hybridized carbons (Fsp3) is 0.667. The summed E-state index contributed by atoms with van der Waals surface area (Å²) in [4.78, 5) is 0. The van der Waals surface area contributed by atoms with E-state index < -0.39 is 0 Å². The molecule has 1 rings (SSSR count). The maximum atomic E-state index is 9.16. The van der Waals surface area contributed by atoms with Crippen LogP contribution in [0.1, 0.15) is 57.8 Å². The molecule has 2 N–H and O–H groups in total. The second kappa shape index (κ2) is 7.10. The highest BCUT2D eigenvalue weighted by molar-refractivity contribution is 5.50. The normalized spacial score (nSPS) is 10.8. The molecule has 0 fully saturated rings. The predicted molar refractivity (Wildman–Crippen MR) is 76.2 cm³/mol. The number of nitrogens with two attached hydrogens (primary N) is 1. The average molecular weight is 247 g/mol. The van der Waals surface area contributed by atoms with Crippen LogP contribution in [0.4, 0.5) is 5.69 Å². The van der Waals surface area contributed by atoms with Gasteiger partial charge < -0.3 is 10.3 Å². The molecule has 0 spiro atoms. The standard InChI is InChI=1S/C15H25N3/c1-4-5-6-9-18-13(11-16)10-14(17)15(18)8-7-12(2)3/h10,12H,4-9,17H2,1-3H3. The first kappa shape index (κ1) is 14.6. The van der Waals surface area contributed by atoms with Gasteiger partial charge in [-0.05, 0) is 31.2 Å². The van der Waals surface area contributed by atoms with Gasteiger partial charge in [-0.1, -0.05) is 33.6 Å². The van der Waals surface area contributed by atoms with Gasteiger partial charge in [-0.25, -0.2) is 0 Å². The van der Waals surface area contributed by atoms with Crippen molar-refractivity contribution >= 4 is 5.69 Å². The highest BCUT2D eigenvalue weighted by atomic mass is 15.0. The van der Waals surface area contributed by atoms with Crippen LogP contribution in [0.3, 0.4) is 0 Å². The minimum Gasteiger partial charge on any atom is -0.397 e. The molecule has 0 aliphatic rings. The summed E-state index contributed by atoms with van der Waals surface area (Å²) in [7, 11) is 0. The van der Waals surface area contributed by atoms with Gasteiger partial charge in [0.15, 0.2) is 0 Å². The summed E-state index contributed by atoms with van der Waals surface area (Å²) < 4.78 is 2.12. The Morgan fingerprint density at radius 3 is 2.67 bits per heavy atom. The van der Waals surface area contributed by atoms with Crippen LogP contribution < -0.4 is 5.73 Å². The SMILES string of the molecule is CCCCCn1c(C#N)cc(N)c1CCC(C)C. The lowest BCUT2D eigenvalue weighted by Crippen LogP contribution is -2.08. The monoisotopic (exact) mass is 247 g/mol. The van der Waals surface area contributed by atoms with E-state index >= 15 is 0 Å². The largest absolute Gasteiger partial charge is 0.397 e. The molecule has 18 heavy (non-hydrogen) atoms. The van der Waals surface area contributed by atoms with Crippen molar-refractivity contribution in [1.29, 1.82) is 5.26 Å². The van der Waals surface area contributed by atoms with Crippen LogP contribution in [-0.4, -0.2) is 4.57 Å². The number of nitriles is 1. The minimum atomic E-state index is 0.661. The molecule has 0 aromatic carbocycles. The highest BCUT2D eigenvalue weighted by Gasteiger charge is 2.12. The lowest BCUT2D eigenvalue weighted by Gasteiger charge is -2.12. The molecule has 0 amide bonds. The number of anilines is 1. The summed E-state index contributed by atoms with van der Waals surface area (Å²) in [6.45, 7) is 7.54. The molecule has 1 aromatic rings. The average Bonchev–Trinajstić information content (AvgIpc) is 2.63. The summed E-state index contributed by atoms with van der Waals surface area (Å²) in [5, 5.41) is 9.16. The quantitative estimate of drug-likeness (QED) is 0.746. The molecule has 0 bridgehead atoms. The zero-order chi connectivity index (χ0) is 13.5. The highest BCUT2D eigenvalue weighted by Crippen LogP contribution is 2.22. The topological polar surface area (TPSA) is 54.7 Å². The van der Waals surface area contributed by atoms with Crippen molar-refractivity contribution < 1.29 is 0 Å². The Labute approximate surface area is 111 Å². The number of rotatable bonds is 7. The Balaban J connectivity index is 2.85. The van der Waals surface area contributed by atoms with Crippen molar-refractivity contribution in [2.45, 2.75) is 59.4 Å². The van der Waals surface area contributed by atoms with E-state index in [4.69, 9.17) is 11.0 Å². The van der Waals surface area contributed by atoms with Gasteiger partial charge in [-0.3, -0.25) is 0 Å². The van der Waals surface area contributed by atoms with E-state index in [-0.39, 0.29) is 0 Å². The number of aromatic nitrogens is 1. The molecule has 3 heteroatoms. The lowest BCUT2D eigenvalue weighted by atomic mass is 10.1. The first-order valence-electron chi connectivity index (χ1n) is 6.98. The van der Waals surface area contributed by atoms with E-state index in [1.54, 1.807) is 0 Å². The molecular formula is C15H25N3. The molecule has 0 unspecified atom stereocenters. The number of nitrogens with zero attached hydrogens (tertiary/aromatic N) is 2. The Morgan fingerprint density at radius 1 is 1.39 bits per heavy atom. The second-order valence-corrected chi connectivity index (χ2v) is 5.33. The molecule has 3 nitrogen and oxygen atoms in total. The smallest absolute Gasteiger partial charge is 0.122 e. The number of hydrogen-bond acceptors (Lipinski definition) is 2. The van der Waals surface area contributed by atoms with Crippen LogP contribution >= 0.6 is 0 Å². The first-order valence-corrected chi connectivity index (χ1v) is 6.98. The van der Waals surface area contributed by atoms with E-state index in [0.717, 1.165) is 37.2 Å². The summed E-state index contributed by atoms with van der Waals surface area (Å²) in [6, 6.07) is 4.08. The van der Waals surface area contributed by atoms with E-state index in [9.17, 15) is 0 Å². The molecule has 0 saturated heterocycles. The van der Waals surface area contributed by atoms with Crippen molar-refractivity contribution in [3.05, 3.63) is 17.5 Å². The van der Waals surface area contributed by atoms with Gasteiger partial charge in [0.2, 0.25) is 0 Å². The minimum absolute atomic E-state index is 0.661. The molecule has 0 aliphatic carbocycles. The zero-order valence-corrected chi connectivity index (χ0v) is 11.9. The van der Waals surface area contributed by atoms with E-state index in [1.165, 1.54) is 12.8 Å². The van der Waals surface area contributed by atoms with Crippen molar-refractivity contribution in [3.8, 4) is 6.07 Å². The number of nitrogen functional groups attached to an aromatic ring is 1. The van der Waals surface area contributed by atoms with Gasteiger partial charge in [0.05, 0.1) is 5.69 Å². The molecule has 1 aromatic heterocycles. The van der Waals surface area contributed by atoms with E-state index in [2.05, 4.69) is 31.4 Å². The van der Waals surface area contributed by atoms with Gasteiger partial charge in [-0.15, -0.1) is 0 Å². The molecular weight excluding hydrogens is 222 g/mol. The summed E-state index contributed by atoms with van der Waals surface area (Å²) in [5.41, 5.74) is 8.68. The van der Waals surface area contributed by atoms with Gasteiger partial charge >= 0.3 is 0 Å². The molecule has 0 radical (unpaired) electrons. The van der Waals surface area contributed by atoms with Gasteiger partial charge in [-0.2, -0.15) is 5.26 Å². The van der Waals surface area contributed by atoms with Crippen molar-refractivity contribution in [3.63, 3.8) is 0 Å². The Morgan fingerprint density at radius 2 is 2.11 bits per heavy atom. The van der Waals surface area contributed by atoms with E-state index in [0.29, 0.717) is 11.6 Å². The Bertz CT molecular complexity index is 410. The first-order chi connectivity index (χ1) is 8.60. The maximum Gasteiger partial charge on any atom is 0.122 e. The van der Waals surface area contributed by atoms with Crippen LogP contribution in [0.2, 0.25) is 0 Å². The number of unbranched alkanes of at least 4 members (excludes halogenated alkanes) is 2. The second-order valence-electron chi connectivity index (χ2n) is 5.33. The maximum absolute atomic E-state index is 9.16. The van der Waals surface area contributed by atoms with E-state index in [1.807, 2.05) is 6.07 Å². The van der Waals surface area contributed by atoms with Crippen LogP contribution in [0.5, 0.6) is 0 Å². The summed E-state index contributed by atoms with van der Waals surface area (Å²) in [6.07, 6.45) is 5.60. The molecule has 0 aliphatic heterocycles. The van der Waals surface area contributed by atoms with Crippen LogP contribution in [0.25, 0.3) is 0 Å². The van der Waals surface area contributed by atoms with Crippen LogP contribution in [-0.2, 0) is 13.0 Å². The lowest BCUT2D eigenvalue weighted by molar-refractivity contribution is 0.542. The number of hydrogen-bond donors (Lipinski definition) is 1. The molecule has 100 valence electrons. The molecule has 0 saturated carbocycles. The fourth-order valence-electron chi connectivity index (χ4n) is 2.18. The Kier molecular flexibility index (Phi) is 5.77. The molecule has 0 atom stereocenters. The summed E-state index contributed by atoms with van der Waals surface area (Å²) in [5.74, 6) is 0.661. The Hall–Kier alpha value is -1.43. The van der Waals surface area contributed by atoms with Crippen LogP contribution in [0.15, 0.2) is 6.07 Å². The van der Waals surface area contributed by atoms with Crippen LogP contribution in [0, 0.1) is 17.2 Å². The zero-order valence-electron chi connectivity index (χ0n) is 11.9. The van der Waals surface area contributed by atoms with Gasteiger partial charge in [0.25, 0.3) is 0 Å². The molecule has 1 heterocycles.